The molecule has 0 bridgehead atoms. The van der Waals surface area contributed by atoms with Crippen molar-refractivity contribution in [1.82, 2.24) is 4.90 Å². The fourth-order valence-electron chi connectivity index (χ4n) is 1.88. The van der Waals surface area contributed by atoms with E-state index in [0.717, 1.165) is 12.6 Å². The molecular formula is C11H24N2. The highest BCUT2D eigenvalue weighted by Crippen LogP contribution is 2.30. The molecule has 1 atom stereocenters. The molecule has 1 fully saturated rings. The lowest BCUT2D eigenvalue weighted by Gasteiger charge is -2.32. The van der Waals surface area contributed by atoms with Gasteiger partial charge in [-0.05, 0) is 31.7 Å². The minimum absolute atomic E-state index is 0.396. The summed E-state index contributed by atoms with van der Waals surface area (Å²) in [4.78, 5) is 2.48. The third-order valence-electron chi connectivity index (χ3n) is 2.82. The van der Waals surface area contributed by atoms with E-state index in [0.29, 0.717) is 11.5 Å². The average molecular weight is 184 g/mol. The molecular weight excluding hydrogens is 160 g/mol. The van der Waals surface area contributed by atoms with Gasteiger partial charge in [-0.2, -0.15) is 0 Å². The first-order chi connectivity index (χ1) is 5.94. The largest absolute Gasteiger partial charge is 0.329 e. The second-order valence-electron chi connectivity index (χ2n) is 5.55. The Kier molecular flexibility index (Phi) is 3.36. The van der Waals surface area contributed by atoms with Crippen LogP contribution in [-0.4, -0.2) is 30.6 Å². The van der Waals surface area contributed by atoms with E-state index in [9.17, 15) is 0 Å². The second kappa shape index (κ2) is 3.97. The van der Waals surface area contributed by atoms with Gasteiger partial charge in [-0.15, -0.1) is 0 Å². The summed E-state index contributed by atoms with van der Waals surface area (Å²) in [6, 6.07) is 1.41. The summed E-state index contributed by atoms with van der Waals surface area (Å²) < 4.78 is 0. The molecule has 2 N–H and O–H groups in total. The molecule has 13 heavy (non-hydrogen) atoms. The SMILES string of the molecule is CN(C1CC1)C(CN)CC(C)(C)C. The molecule has 1 rings (SSSR count). The molecule has 2 heteroatoms. The van der Waals surface area contributed by atoms with Gasteiger partial charge in [0.05, 0.1) is 0 Å². The topological polar surface area (TPSA) is 29.3 Å². The maximum absolute atomic E-state index is 5.80. The highest BCUT2D eigenvalue weighted by Gasteiger charge is 2.32. The van der Waals surface area contributed by atoms with E-state index in [1.54, 1.807) is 0 Å². The third kappa shape index (κ3) is 3.65. The number of nitrogens with two attached hydrogens (primary N) is 1. The van der Waals surface area contributed by atoms with Crippen LogP contribution in [0.1, 0.15) is 40.0 Å². The number of rotatable bonds is 4. The van der Waals surface area contributed by atoms with E-state index in [4.69, 9.17) is 5.73 Å². The number of nitrogens with zero attached hydrogens (tertiary/aromatic N) is 1. The van der Waals surface area contributed by atoms with Gasteiger partial charge in [0.1, 0.15) is 0 Å². The van der Waals surface area contributed by atoms with Crippen molar-refractivity contribution in [2.24, 2.45) is 11.1 Å². The second-order valence-corrected chi connectivity index (χ2v) is 5.55. The molecule has 0 aromatic heterocycles. The van der Waals surface area contributed by atoms with Crippen molar-refractivity contribution in [3.05, 3.63) is 0 Å². The molecule has 0 heterocycles. The van der Waals surface area contributed by atoms with Gasteiger partial charge in [-0.25, -0.2) is 0 Å². The Bertz CT molecular complexity index is 156. The molecule has 0 aliphatic heterocycles. The molecule has 2 nitrogen and oxygen atoms in total. The summed E-state index contributed by atoms with van der Waals surface area (Å²) in [7, 11) is 2.22. The van der Waals surface area contributed by atoms with Crippen LogP contribution in [-0.2, 0) is 0 Å². The van der Waals surface area contributed by atoms with Crippen LogP contribution in [0.3, 0.4) is 0 Å². The van der Waals surface area contributed by atoms with Crippen LogP contribution < -0.4 is 5.73 Å². The van der Waals surface area contributed by atoms with Crippen LogP contribution in [0.5, 0.6) is 0 Å². The van der Waals surface area contributed by atoms with Crippen LogP contribution in [0.4, 0.5) is 0 Å². The molecule has 0 aromatic carbocycles. The van der Waals surface area contributed by atoms with Crippen molar-refractivity contribution < 1.29 is 0 Å². The molecule has 0 saturated heterocycles. The Hall–Kier alpha value is -0.0800. The van der Waals surface area contributed by atoms with Crippen LogP contribution in [0.25, 0.3) is 0 Å². The van der Waals surface area contributed by atoms with Gasteiger partial charge in [0.25, 0.3) is 0 Å². The maximum Gasteiger partial charge on any atom is 0.0223 e. The Morgan fingerprint density at radius 1 is 1.38 bits per heavy atom. The summed E-state index contributed by atoms with van der Waals surface area (Å²) in [6.45, 7) is 7.66. The van der Waals surface area contributed by atoms with Crippen LogP contribution in [0, 0.1) is 5.41 Å². The molecule has 0 aromatic rings. The van der Waals surface area contributed by atoms with Gasteiger partial charge in [0.15, 0.2) is 0 Å². The molecule has 1 saturated carbocycles. The Balaban J connectivity index is 2.41. The lowest BCUT2D eigenvalue weighted by Crippen LogP contribution is -2.41. The van der Waals surface area contributed by atoms with Crippen molar-refractivity contribution in [2.45, 2.75) is 52.1 Å². The van der Waals surface area contributed by atoms with Gasteiger partial charge >= 0.3 is 0 Å². The van der Waals surface area contributed by atoms with E-state index in [1.165, 1.54) is 19.3 Å². The van der Waals surface area contributed by atoms with Crippen molar-refractivity contribution in [3.8, 4) is 0 Å². The maximum atomic E-state index is 5.80. The summed E-state index contributed by atoms with van der Waals surface area (Å²) in [5.74, 6) is 0. The predicted molar refractivity (Wildman–Crippen MR) is 57.7 cm³/mol. The zero-order valence-corrected chi connectivity index (χ0v) is 9.51. The predicted octanol–water partition coefficient (Wildman–Crippen LogP) is 1.84. The standard InChI is InChI=1S/C11H24N2/c1-11(2,3)7-10(8-12)13(4)9-5-6-9/h9-10H,5-8,12H2,1-4H3. The van der Waals surface area contributed by atoms with E-state index in [-0.39, 0.29) is 0 Å². The molecule has 78 valence electrons. The average Bonchev–Trinajstić information content (AvgIpc) is 2.79. The monoisotopic (exact) mass is 184 g/mol. The smallest absolute Gasteiger partial charge is 0.0223 e. The third-order valence-corrected chi connectivity index (χ3v) is 2.82. The molecule has 1 unspecified atom stereocenters. The fourth-order valence-corrected chi connectivity index (χ4v) is 1.88. The summed E-state index contributed by atoms with van der Waals surface area (Å²) >= 11 is 0. The minimum Gasteiger partial charge on any atom is -0.329 e. The van der Waals surface area contributed by atoms with Gasteiger partial charge in [-0.3, -0.25) is 4.90 Å². The minimum atomic E-state index is 0.396. The van der Waals surface area contributed by atoms with E-state index in [1.807, 2.05) is 0 Å². The number of hydrogen-bond donors (Lipinski definition) is 1. The quantitative estimate of drug-likeness (QED) is 0.722. The van der Waals surface area contributed by atoms with Crippen molar-refractivity contribution in [3.63, 3.8) is 0 Å². The van der Waals surface area contributed by atoms with Gasteiger partial charge in [0.2, 0.25) is 0 Å². The molecule has 0 radical (unpaired) electrons. The Morgan fingerprint density at radius 3 is 2.23 bits per heavy atom. The van der Waals surface area contributed by atoms with Crippen LogP contribution in [0.2, 0.25) is 0 Å². The number of likely N-dealkylation sites (N-methyl/N-ethyl adjacent to an activating group) is 1. The highest BCUT2D eigenvalue weighted by atomic mass is 15.2. The summed E-state index contributed by atoms with van der Waals surface area (Å²) in [6.07, 6.45) is 3.95. The number of hydrogen-bond acceptors (Lipinski definition) is 2. The zero-order valence-electron chi connectivity index (χ0n) is 9.51. The van der Waals surface area contributed by atoms with Crippen molar-refractivity contribution in [1.29, 1.82) is 0 Å². The van der Waals surface area contributed by atoms with Crippen LogP contribution >= 0.6 is 0 Å². The van der Waals surface area contributed by atoms with E-state index < -0.39 is 0 Å². The Labute approximate surface area is 82.5 Å². The van der Waals surface area contributed by atoms with Gasteiger partial charge < -0.3 is 5.73 Å². The fraction of sp³-hybridized carbons (Fsp3) is 1.00. The van der Waals surface area contributed by atoms with Crippen molar-refractivity contribution >= 4 is 0 Å². The van der Waals surface area contributed by atoms with Gasteiger partial charge in [-0.1, -0.05) is 20.8 Å². The molecule has 1 aliphatic rings. The normalized spacial score (nSPS) is 20.8. The first-order valence-electron chi connectivity index (χ1n) is 5.36. The van der Waals surface area contributed by atoms with Crippen molar-refractivity contribution in [2.75, 3.05) is 13.6 Å². The zero-order chi connectivity index (χ0) is 10.1. The molecule has 1 aliphatic carbocycles. The highest BCUT2D eigenvalue weighted by molar-refractivity contribution is 4.88. The summed E-state index contributed by atoms with van der Waals surface area (Å²) in [5.41, 5.74) is 6.20. The lowest BCUT2D eigenvalue weighted by molar-refractivity contribution is 0.176. The molecule has 0 amide bonds. The first kappa shape index (κ1) is 11.0. The van der Waals surface area contributed by atoms with E-state index >= 15 is 0 Å². The lowest BCUT2D eigenvalue weighted by atomic mass is 9.87. The first-order valence-corrected chi connectivity index (χ1v) is 5.36. The van der Waals surface area contributed by atoms with E-state index in [2.05, 4.69) is 32.7 Å². The molecule has 0 spiro atoms. The summed E-state index contributed by atoms with van der Waals surface area (Å²) in [5, 5.41) is 0. The van der Waals surface area contributed by atoms with Gasteiger partial charge in [0, 0.05) is 18.6 Å². The van der Waals surface area contributed by atoms with Crippen LogP contribution in [0.15, 0.2) is 0 Å². The Morgan fingerprint density at radius 2 is 1.92 bits per heavy atom.